The molecule has 1 atom stereocenters. The second kappa shape index (κ2) is 4.31. The zero-order valence-corrected chi connectivity index (χ0v) is 11.8. The molecular formula is C17H22N2. The molecule has 2 heteroatoms. The third-order valence-corrected chi connectivity index (χ3v) is 4.45. The average Bonchev–Trinajstić information content (AvgIpc) is 2.36. The molecule has 100 valence electrons. The summed E-state index contributed by atoms with van der Waals surface area (Å²) in [7, 11) is 0. The van der Waals surface area contributed by atoms with E-state index in [4.69, 9.17) is 5.73 Å². The van der Waals surface area contributed by atoms with Gasteiger partial charge in [0.25, 0.3) is 0 Å². The van der Waals surface area contributed by atoms with Crippen LogP contribution >= 0.6 is 0 Å². The summed E-state index contributed by atoms with van der Waals surface area (Å²) in [6.45, 7) is 4.65. The molecule has 1 fully saturated rings. The molecule has 19 heavy (non-hydrogen) atoms. The first-order chi connectivity index (χ1) is 8.99. The fourth-order valence-corrected chi connectivity index (χ4v) is 3.54. The SMILES string of the molecule is CC1(C)CCCC(N)(c2ccc3cccnc3c2)C1. The van der Waals surface area contributed by atoms with Gasteiger partial charge < -0.3 is 5.73 Å². The number of aromatic nitrogens is 1. The van der Waals surface area contributed by atoms with E-state index in [-0.39, 0.29) is 5.54 Å². The van der Waals surface area contributed by atoms with Gasteiger partial charge in [-0.25, -0.2) is 0 Å². The van der Waals surface area contributed by atoms with Crippen molar-refractivity contribution >= 4 is 10.9 Å². The minimum absolute atomic E-state index is 0.187. The summed E-state index contributed by atoms with van der Waals surface area (Å²) in [5.41, 5.74) is 9.16. The Hall–Kier alpha value is -1.41. The van der Waals surface area contributed by atoms with E-state index in [1.165, 1.54) is 23.8 Å². The second-order valence-corrected chi connectivity index (χ2v) is 6.76. The van der Waals surface area contributed by atoms with Crippen molar-refractivity contribution in [2.45, 2.75) is 45.1 Å². The lowest BCUT2D eigenvalue weighted by atomic mass is 9.66. The van der Waals surface area contributed by atoms with Gasteiger partial charge in [-0.05, 0) is 42.4 Å². The number of benzene rings is 1. The van der Waals surface area contributed by atoms with Crippen LogP contribution in [0.4, 0.5) is 0 Å². The maximum absolute atomic E-state index is 6.72. The van der Waals surface area contributed by atoms with E-state index in [1.54, 1.807) is 0 Å². The molecule has 3 rings (SSSR count). The first-order valence-corrected chi connectivity index (χ1v) is 7.13. The van der Waals surface area contributed by atoms with Crippen molar-refractivity contribution in [2.24, 2.45) is 11.1 Å². The summed E-state index contributed by atoms with van der Waals surface area (Å²) in [6.07, 6.45) is 6.47. The number of nitrogens with zero attached hydrogens (tertiary/aromatic N) is 1. The molecular weight excluding hydrogens is 232 g/mol. The Balaban J connectivity index is 2.03. The van der Waals surface area contributed by atoms with E-state index in [0.717, 1.165) is 18.4 Å². The van der Waals surface area contributed by atoms with Crippen molar-refractivity contribution in [2.75, 3.05) is 0 Å². The summed E-state index contributed by atoms with van der Waals surface area (Å²) in [5.74, 6) is 0. The molecule has 2 N–H and O–H groups in total. The van der Waals surface area contributed by atoms with Gasteiger partial charge in [0, 0.05) is 17.1 Å². The first-order valence-electron chi connectivity index (χ1n) is 7.13. The summed E-state index contributed by atoms with van der Waals surface area (Å²) >= 11 is 0. The first kappa shape index (κ1) is 12.6. The Morgan fingerprint density at radius 3 is 2.79 bits per heavy atom. The van der Waals surface area contributed by atoms with Crippen molar-refractivity contribution in [1.29, 1.82) is 0 Å². The molecule has 1 aromatic heterocycles. The number of nitrogens with two attached hydrogens (primary N) is 1. The maximum atomic E-state index is 6.72. The minimum Gasteiger partial charge on any atom is -0.321 e. The van der Waals surface area contributed by atoms with Crippen LogP contribution in [-0.2, 0) is 5.54 Å². The fourth-order valence-electron chi connectivity index (χ4n) is 3.54. The number of rotatable bonds is 1. The molecule has 0 aliphatic heterocycles. The topological polar surface area (TPSA) is 38.9 Å². The molecule has 0 bridgehead atoms. The monoisotopic (exact) mass is 254 g/mol. The van der Waals surface area contributed by atoms with Gasteiger partial charge in [-0.3, -0.25) is 4.98 Å². The zero-order chi connectivity index (χ0) is 13.5. The quantitative estimate of drug-likeness (QED) is 0.835. The average molecular weight is 254 g/mol. The van der Waals surface area contributed by atoms with Crippen molar-refractivity contribution in [3.63, 3.8) is 0 Å². The van der Waals surface area contributed by atoms with Crippen LogP contribution in [0.3, 0.4) is 0 Å². The molecule has 0 spiro atoms. The zero-order valence-electron chi connectivity index (χ0n) is 11.8. The minimum atomic E-state index is -0.187. The van der Waals surface area contributed by atoms with E-state index in [2.05, 4.69) is 43.1 Å². The van der Waals surface area contributed by atoms with Crippen molar-refractivity contribution in [3.05, 3.63) is 42.1 Å². The summed E-state index contributed by atoms with van der Waals surface area (Å²) in [5, 5.41) is 1.19. The molecule has 0 saturated heterocycles. The molecule has 1 aliphatic carbocycles. The smallest absolute Gasteiger partial charge is 0.0705 e. The highest BCUT2D eigenvalue weighted by atomic mass is 14.8. The van der Waals surface area contributed by atoms with E-state index in [0.29, 0.717) is 5.41 Å². The summed E-state index contributed by atoms with van der Waals surface area (Å²) < 4.78 is 0. The normalized spacial score (nSPS) is 26.5. The highest BCUT2D eigenvalue weighted by Crippen LogP contribution is 2.44. The van der Waals surface area contributed by atoms with Crippen LogP contribution in [0.5, 0.6) is 0 Å². The van der Waals surface area contributed by atoms with Crippen LogP contribution < -0.4 is 5.73 Å². The Kier molecular flexibility index (Phi) is 2.86. The molecule has 1 saturated carbocycles. The highest BCUT2D eigenvalue weighted by Gasteiger charge is 2.38. The Morgan fingerprint density at radius 1 is 1.16 bits per heavy atom. The number of hydrogen-bond donors (Lipinski definition) is 1. The lowest BCUT2D eigenvalue weighted by molar-refractivity contribution is 0.151. The predicted molar refractivity (Wildman–Crippen MR) is 79.9 cm³/mol. The summed E-state index contributed by atoms with van der Waals surface area (Å²) in [4.78, 5) is 4.45. The molecule has 1 aliphatic rings. The second-order valence-electron chi connectivity index (χ2n) is 6.76. The van der Waals surface area contributed by atoms with Gasteiger partial charge in [-0.2, -0.15) is 0 Å². The van der Waals surface area contributed by atoms with Crippen LogP contribution in [0.2, 0.25) is 0 Å². The van der Waals surface area contributed by atoms with Gasteiger partial charge in [-0.15, -0.1) is 0 Å². The van der Waals surface area contributed by atoms with Gasteiger partial charge >= 0.3 is 0 Å². The molecule has 1 heterocycles. The Labute approximate surface area is 115 Å². The van der Waals surface area contributed by atoms with Gasteiger partial charge in [0.05, 0.1) is 5.52 Å². The van der Waals surface area contributed by atoms with Crippen LogP contribution in [0, 0.1) is 5.41 Å². The van der Waals surface area contributed by atoms with Crippen molar-refractivity contribution < 1.29 is 0 Å². The Bertz CT molecular complexity index is 603. The fraction of sp³-hybridized carbons (Fsp3) is 0.471. The van der Waals surface area contributed by atoms with E-state index in [1.807, 2.05) is 12.3 Å². The van der Waals surface area contributed by atoms with E-state index >= 15 is 0 Å². The predicted octanol–water partition coefficient (Wildman–Crippen LogP) is 3.99. The van der Waals surface area contributed by atoms with Gasteiger partial charge in [-0.1, -0.05) is 38.5 Å². The molecule has 0 amide bonds. The highest BCUT2D eigenvalue weighted by molar-refractivity contribution is 5.79. The third-order valence-electron chi connectivity index (χ3n) is 4.45. The van der Waals surface area contributed by atoms with Crippen molar-refractivity contribution in [1.82, 2.24) is 4.98 Å². The molecule has 0 radical (unpaired) electrons. The van der Waals surface area contributed by atoms with E-state index < -0.39 is 0 Å². The van der Waals surface area contributed by atoms with Crippen LogP contribution in [-0.4, -0.2) is 4.98 Å². The Morgan fingerprint density at radius 2 is 2.00 bits per heavy atom. The largest absolute Gasteiger partial charge is 0.321 e. The van der Waals surface area contributed by atoms with Gasteiger partial charge in [0.1, 0.15) is 0 Å². The number of hydrogen-bond acceptors (Lipinski definition) is 2. The maximum Gasteiger partial charge on any atom is 0.0705 e. The standard InChI is InChI=1S/C17H22N2/c1-16(2)8-4-9-17(18,12-16)14-7-6-13-5-3-10-19-15(13)11-14/h3,5-7,10-11H,4,8-9,12,18H2,1-2H3. The lowest BCUT2D eigenvalue weighted by Gasteiger charge is -2.43. The lowest BCUT2D eigenvalue weighted by Crippen LogP contribution is -2.44. The molecule has 1 aromatic carbocycles. The number of fused-ring (bicyclic) bond motifs is 1. The third kappa shape index (κ3) is 2.37. The molecule has 2 nitrogen and oxygen atoms in total. The number of pyridine rings is 1. The van der Waals surface area contributed by atoms with Crippen LogP contribution in [0.15, 0.2) is 36.5 Å². The van der Waals surface area contributed by atoms with Crippen molar-refractivity contribution in [3.8, 4) is 0 Å². The molecule has 2 aromatic rings. The van der Waals surface area contributed by atoms with Crippen LogP contribution in [0.25, 0.3) is 10.9 Å². The van der Waals surface area contributed by atoms with Gasteiger partial charge in [0.15, 0.2) is 0 Å². The van der Waals surface area contributed by atoms with Gasteiger partial charge in [0.2, 0.25) is 0 Å². The molecule has 1 unspecified atom stereocenters. The van der Waals surface area contributed by atoms with E-state index in [9.17, 15) is 0 Å². The van der Waals surface area contributed by atoms with Crippen LogP contribution in [0.1, 0.15) is 45.1 Å². The summed E-state index contributed by atoms with van der Waals surface area (Å²) in [6, 6.07) is 10.6.